The zero-order valence-electron chi connectivity index (χ0n) is 16.8. The molecule has 0 spiro atoms. The Hall–Kier alpha value is -2.20. The normalized spacial score (nSPS) is 10.6. The van der Waals surface area contributed by atoms with Gasteiger partial charge in [-0.15, -0.1) is 24.0 Å². The van der Waals surface area contributed by atoms with E-state index in [2.05, 4.69) is 20.9 Å². The highest BCUT2D eigenvalue weighted by atomic mass is 127. The first kappa shape index (κ1) is 24.8. The van der Waals surface area contributed by atoms with Gasteiger partial charge in [-0.2, -0.15) is 0 Å². The number of aliphatic imine (C=N–C) groups is 1. The monoisotopic (exact) mass is 532 g/mol. The lowest BCUT2D eigenvalue weighted by Crippen LogP contribution is -2.33. The van der Waals surface area contributed by atoms with Gasteiger partial charge in [-0.1, -0.05) is 17.7 Å². The highest BCUT2D eigenvalue weighted by molar-refractivity contribution is 14.0. The molecule has 0 unspecified atom stereocenters. The van der Waals surface area contributed by atoms with Crippen LogP contribution in [-0.4, -0.2) is 39.7 Å². The highest BCUT2D eigenvalue weighted by Crippen LogP contribution is 2.29. The number of guanidine groups is 1. The van der Waals surface area contributed by atoms with E-state index in [0.29, 0.717) is 34.7 Å². The minimum Gasteiger partial charge on any atom is -0.493 e. The third-order valence-electron chi connectivity index (χ3n) is 4.06. The molecule has 0 fully saturated rings. The second-order valence-corrected chi connectivity index (χ2v) is 6.31. The predicted molar refractivity (Wildman–Crippen MR) is 129 cm³/mol. The molecule has 9 heteroatoms. The molecule has 0 saturated carbocycles. The Kier molecular flexibility index (Phi) is 10.6. The maximum atomic E-state index is 12.2. The molecule has 1 amide bonds. The minimum absolute atomic E-state index is 0. The number of methoxy groups -OCH3 is 2. The highest BCUT2D eigenvalue weighted by Gasteiger charge is 2.09. The number of rotatable bonds is 7. The molecule has 0 aliphatic carbocycles. The largest absolute Gasteiger partial charge is 0.493 e. The first-order valence-corrected chi connectivity index (χ1v) is 9.11. The summed E-state index contributed by atoms with van der Waals surface area (Å²) < 4.78 is 10.5. The van der Waals surface area contributed by atoms with Gasteiger partial charge in [0, 0.05) is 42.5 Å². The SMILES string of the molecule is CN=C(NCCC(=O)Nc1cccc(Cl)c1C)Nc1ccc(OC)c(OC)c1.I. The average molecular weight is 533 g/mol. The molecule has 2 aromatic carbocycles. The molecule has 0 radical (unpaired) electrons. The van der Waals surface area contributed by atoms with Gasteiger partial charge < -0.3 is 25.4 Å². The first-order valence-electron chi connectivity index (χ1n) is 8.73. The molecule has 29 heavy (non-hydrogen) atoms. The number of nitrogens with zero attached hydrogens (tertiary/aromatic N) is 1. The lowest BCUT2D eigenvalue weighted by molar-refractivity contribution is -0.116. The molecule has 7 nitrogen and oxygen atoms in total. The molecule has 158 valence electrons. The van der Waals surface area contributed by atoms with E-state index in [9.17, 15) is 4.79 Å². The van der Waals surface area contributed by atoms with Crippen LogP contribution in [0.25, 0.3) is 0 Å². The summed E-state index contributed by atoms with van der Waals surface area (Å²) in [4.78, 5) is 16.3. The fraction of sp³-hybridized carbons (Fsp3) is 0.300. The van der Waals surface area contributed by atoms with Gasteiger partial charge in [0.1, 0.15) is 0 Å². The van der Waals surface area contributed by atoms with Crippen LogP contribution in [0.1, 0.15) is 12.0 Å². The van der Waals surface area contributed by atoms with E-state index < -0.39 is 0 Å². The van der Waals surface area contributed by atoms with E-state index in [1.807, 2.05) is 19.1 Å². The van der Waals surface area contributed by atoms with Gasteiger partial charge in [0.2, 0.25) is 5.91 Å². The van der Waals surface area contributed by atoms with Crippen LogP contribution >= 0.6 is 35.6 Å². The average Bonchev–Trinajstić information content (AvgIpc) is 2.70. The van der Waals surface area contributed by atoms with E-state index >= 15 is 0 Å². The van der Waals surface area contributed by atoms with E-state index in [4.69, 9.17) is 21.1 Å². The molecule has 0 heterocycles. The van der Waals surface area contributed by atoms with E-state index in [0.717, 1.165) is 11.3 Å². The van der Waals surface area contributed by atoms with Crippen LogP contribution in [0.2, 0.25) is 5.02 Å². The van der Waals surface area contributed by atoms with E-state index in [-0.39, 0.29) is 36.3 Å². The van der Waals surface area contributed by atoms with Crippen LogP contribution in [0.15, 0.2) is 41.4 Å². The van der Waals surface area contributed by atoms with Gasteiger partial charge in [0.25, 0.3) is 0 Å². The number of halogens is 2. The van der Waals surface area contributed by atoms with Crippen LogP contribution in [-0.2, 0) is 4.79 Å². The third kappa shape index (κ3) is 7.28. The molecule has 2 rings (SSSR count). The first-order chi connectivity index (χ1) is 13.5. The standard InChI is InChI=1S/C20H25ClN4O3.HI/c1-13-15(21)6-5-7-16(13)25-19(26)10-11-23-20(22-2)24-14-8-9-17(27-3)18(12-14)28-4;/h5-9,12H,10-11H2,1-4H3,(H,25,26)(H2,22,23,24);1H. The topological polar surface area (TPSA) is 84.0 Å². The number of hydrogen-bond acceptors (Lipinski definition) is 4. The van der Waals surface area contributed by atoms with Crippen molar-refractivity contribution < 1.29 is 14.3 Å². The molecular formula is C20H26ClIN4O3. The molecule has 0 bridgehead atoms. The Morgan fingerprint density at radius 2 is 1.83 bits per heavy atom. The van der Waals surface area contributed by atoms with Gasteiger partial charge in [-0.3, -0.25) is 9.79 Å². The third-order valence-corrected chi connectivity index (χ3v) is 4.47. The number of nitrogens with one attached hydrogen (secondary N) is 3. The van der Waals surface area contributed by atoms with Gasteiger partial charge in [0.15, 0.2) is 17.5 Å². The lowest BCUT2D eigenvalue weighted by Gasteiger charge is -2.14. The number of carbonyl (C=O) groups is 1. The second kappa shape index (κ2) is 12.4. The number of amides is 1. The van der Waals surface area contributed by atoms with Crippen molar-refractivity contribution in [2.45, 2.75) is 13.3 Å². The number of ether oxygens (including phenoxy) is 2. The molecule has 0 aromatic heterocycles. The smallest absolute Gasteiger partial charge is 0.226 e. The van der Waals surface area contributed by atoms with Crippen molar-refractivity contribution in [2.24, 2.45) is 4.99 Å². The van der Waals surface area contributed by atoms with Crippen molar-refractivity contribution in [1.29, 1.82) is 0 Å². The van der Waals surface area contributed by atoms with Gasteiger partial charge >= 0.3 is 0 Å². The number of anilines is 2. The summed E-state index contributed by atoms with van der Waals surface area (Å²) in [6, 6.07) is 10.9. The van der Waals surface area contributed by atoms with Gasteiger partial charge in [-0.25, -0.2) is 0 Å². The zero-order chi connectivity index (χ0) is 20.5. The molecule has 0 saturated heterocycles. The second-order valence-electron chi connectivity index (χ2n) is 5.90. The van der Waals surface area contributed by atoms with Gasteiger partial charge in [-0.05, 0) is 36.8 Å². The Morgan fingerprint density at radius 1 is 1.10 bits per heavy atom. The lowest BCUT2D eigenvalue weighted by atomic mass is 10.2. The molecular weight excluding hydrogens is 507 g/mol. The Morgan fingerprint density at radius 3 is 2.48 bits per heavy atom. The van der Waals surface area contributed by atoms with E-state index in [1.54, 1.807) is 45.5 Å². The Labute approximate surface area is 193 Å². The summed E-state index contributed by atoms with van der Waals surface area (Å²) in [5, 5.41) is 9.74. The van der Waals surface area contributed by atoms with Crippen LogP contribution < -0.4 is 25.4 Å². The fourth-order valence-electron chi connectivity index (χ4n) is 2.48. The van der Waals surface area contributed by atoms with Crippen molar-refractivity contribution >= 4 is 58.8 Å². The summed E-state index contributed by atoms with van der Waals surface area (Å²) in [5.41, 5.74) is 2.34. The fourth-order valence-corrected chi connectivity index (χ4v) is 2.65. The summed E-state index contributed by atoms with van der Waals surface area (Å²) >= 11 is 6.08. The summed E-state index contributed by atoms with van der Waals surface area (Å²) in [7, 11) is 4.82. The number of hydrogen-bond donors (Lipinski definition) is 3. The summed E-state index contributed by atoms with van der Waals surface area (Å²) in [6.07, 6.45) is 0.276. The van der Waals surface area contributed by atoms with Crippen LogP contribution in [0, 0.1) is 6.92 Å². The van der Waals surface area contributed by atoms with Crippen molar-refractivity contribution in [2.75, 3.05) is 38.4 Å². The quantitative estimate of drug-likeness (QED) is 0.281. The Balaban J connectivity index is 0.00000420. The summed E-state index contributed by atoms with van der Waals surface area (Å²) in [5.74, 6) is 1.68. The summed E-state index contributed by atoms with van der Waals surface area (Å²) in [6.45, 7) is 2.28. The van der Waals surface area contributed by atoms with Crippen molar-refractivity contribution in [1.82, 2.24) is 5.32 Å². The van der Waals surface area contributed by atoms with Crippen LogP contribution in [0.3, 0.4) is 0 Å². The molecule has 2 aromatic rings. The zero-order valence-corrected chi connectivity index (χ0v) is 19.9. The molecule has 0 atom stereocenters. The van der Waals surface area contributed by atoms with Crippen LogP contribution in [0.4, 0.5) is 11.4 Å². The number of carbonyl (C=O) groups excluding carboxylic acids is 1. The van der Waals surface area contributed by atoms with Gasteiger partial charge in [0.05, 0.1) is 14.2 Å². The van der Waals surface area contributed by atoms with Crippen molar-refractivity contribution in [3.8, 4) is 11.5 Å². The maximum absolute atomic E-state index is 12.2. The van der Waals surface area contributed by atoms with Crippen molar-refractivity contribution in [3.05, 3.63) is 47.0 Å². The van der Waals surface area contributed by atoms with Crippen molar-refractivity contribution in [3.63, 3.8) is 0 Å². The molecule has 3 N–H and O–H groups in total. The van der Waals surface area contributed by atoms with E-state index in [1.165, 1.54) is 0 Å². The minimum atomic E-state index is -0.112. The maximum Gasteiger partial charge on any atom is 0.226 e. The molecule has 0 aliphatic heterocycles. The number of benzene rings is 2. The predicted octanol–water partition coefficient (Wildman–Crippen LogP) is 4.30. The Bertz CT molecular complexity index is 862. The molecule has 0 aliphatic rings. The van der Waals surface area contributed by atoms with Crippen LogP contribution in [0.5, 0.6) is 11.5 Å².